The fraction of sp³-hybridized carbons (Fsp3) is 0.357. The van der Waals surface area contributed by atoms with Crippen molar-refractivity contribution >= 4 is 11.5 Å². The average Bonchev–Trinajstić information content (AvgIpc) is 2.87. The van der Waals surface area contributed by atoms with Gasteiger partial charge in [0.15, 0.2) is 0 Å². The van der Waals surface area contributed by atoms with Crippen LogP contribution in [0.25, 0.3) is 11.3 Å². The van der Waals surface area contributed by atoms with E-state index in [4.69, 9.17) is 10.5 Å². The highest BCUT2D eigenvalue weighted by Crippen LogP contribution is 2.30. The van der Waals surface area contributed by atoms with Gasteiger partial charge in [0.2, 0.25) is 0 Å². The van der Waals surface area contributed by atoms with Crippen molar-refractivity contribution in [3.05, 3.63) is 34.7 Å². The van der Waals surface area contributed by atoms with Crippen molar-refractivity contribution in [2.45, 2.75) is 19.3 Å². The lowest BCUT2D eigenvalue weighted by atomic mass is 10.0. The Hall–Kier alpha value is -1.39. The number of benzene rings is 1. The molecule has 4 heteroatoms. The molecule has 0 radical (unpaired) electrons. The number of aryl methyl sites for hydroxylation is 1. The lowest BCUT2D eigenvalue weighted by Crippen LogP contribution is -2.08. The highest BCUT2D eigenvalue weighted by atomic mass is 32.1. The zero-order valence-corrected chi connectivity index (χ0v) is 11.0. The standard InChI is InChI=1S/C14H16N2OS/c15-6-5-12-9-13(16-18-12)10-3-4-14-11(8-10)2-1-7-17-14/h3-4,8-9H,1-2,5-7,15H2. The number of ether oxygens (including phenoxy) is 1. The van der Waals surface area contributed by atoms with Crippen LogP contribution in [0.1, 0.15) is 16.9 Å². The molecule has 0 spiro atoms. The first-order chi connectivity index (χ1) is 8.86. The molecule has 94 valence electrons. The first-order valence-corrected chi connectivity index (χ1v) is 7.06. The predicted molar refractivity (Wildman–Crippen MR) is 74.1 cm³/mol. The molecule has 3 nitrogen and oxygen atoms in total. The maximum atomic E-state index is 5.62. The molecule has 0 saturated carbocycles. The number of nitrogens with two attached hydrogens (primary N) is 1. The van der Waals surface area contributed by atoms with Crippen LogP contribution >= 0.6 is 11.5 Å². The van der Waals surface area contributed by atoms with E-state index < -0.39 is 0 Å². The van der Waals surface area contributed by atoms with Crippen LogP contribution in [0.15, 0.2) is 24.3 Å². The highest BCUT2D eigenvalue weighted by molar-refractivity contribution is 7.06. The quantitative estimate of drug-likeness (QED) is 0.923. The van der Waals surface area contributed by atoms with Gasteiger partial charge >= 0.3 is 0 Å². The Morgan fingerprint density at radius 3 is 3.17 bits per heavy atom. The zero-order valence-electron chi connectivity index (χ0n) is 10.2. The largest absolute Gasteiger partial charge is 0.493 e. The fourth-order valence-corrected chi connectivity index (χ4v) is 2.98. The maximum absolute atomic E-state index is 5.62. The Kier molecular flexibility index (Phi) is 3.30. The van der Waals surface area contributed by atoms with E-state index in [2.05, 4.69) is 28.6 Å². The highest BCUT2D eigenvalue weighted by Gasteiger charge is 2.12. The molecule has 0 atom stereocenters. The van der Waals surface area contributed by atoms with E-state index in [1.807, 2.05) is 0 Å². The first kappa shape index (κ1) is 11.7. The second-order valence-corrected chi connectivity index (χ2v) is 5.38. The fourth-order valence-electron chi connectivity index (χ4n) is 2.23. The summed E-state index contributed by atoms with van der Waals surface area (Å²) in [6.07, 6.45) is 3.11. The molecular formula is C14H16N2OS. The van der Waals surface area contributed by atoms with Gasteiger partial charge in [-0.3, -0.25) is 0 Å². The van der Waals surface area contributed by atoms with Gasteiger partial charge in [0.05, 0.1) is 12.3 Å². The number of rotatable bonds is 3. The van der Waals surface area contributed by atoms with E-state index >= 15 is 0 Å². The Labute approximate surface area is 111 Å². The number of aromatic nitrogens is 1. The van der Waals surface area contributed by atoms with E-state index in [1.54, 1.807) is 11.5 Å². The summed E-state index contributed by atoms with van der Waals surface area (Å²) in [4.78, 5) is 1.25. The van der Waals surface area contributed by atoms with E-state index in [0.29, 0.717) is 6.54 Å². The summed E-state index contributed by atoms with van der Waals surface area (Å²) in [5.41, 5.74) is 9.09. The van der Waals surface area contributed by atoms with Crippen LogP contribution in [-0.2, 0) is 12.8 Å². The summed E-state index contributed by atoms with van der Waals surface area (Å²) in [5, 5.41) is 0. The van der Waals surface area contributed by atoms with Crippen LogP contribution in [0.4, 0.5) is 0 Å². The molecule has 2 N–H and O–H groups in total. The van der Waals surface area contributed by atoms with Gasteiger partial charge in [0, 0.05) is 10.4 Å². The minimum atomic E-state index is 0.680. The predicted octanol–water partition coefficient (Wildman–Crippen LogP) is 2.64. The third kappa shape index (κ3) is 2.26. The number of hydrogen-bond donors (Lipinski definition) is 1. The molecular weight excluding hydrogens is 244 g/mol. The van der Waals surface area contributed by atoms with Gasteiger partial charge < -0.3 is 10.5 Å². The normalized spacial score (nSPS) is 14.1. The Bertz CT molecular complexity index is 550. The minimum absolute atomic E-state index is 0.680. The topological polar surface area (TPSA) is 48.1 Å². The summed E-state index contributed by atoms with van der Waals surface area (Å²) < 4.78 is 10.1. The third-order valence-corrected chi connectivity index (χ3v) is 4.00. The van der Waals surface area contributed by atoms with Crippen molar-refractivity contribution < 1.29 is 4.74 Å². The minimum Gasteiger partial charge on any atom is -0.493 e. The van der Waals surface area contributed by atoms with Gasteiger partial charge in [-0.25, -0.2) is 0 Å². The second-order valence-electron chi connectivity index (χ2n) is 4.49. The van der Waals surface area contributed by atoms with Gasteiger partial charge in [-0.2, -0.15) is 4.37 Å². The molecule has 1 aliphatic heterocycles. The van der Waals surface area contributed by atoms with Crippen LogP contribution in [0.3, 0.4) is 0 Å². The van der Waals surface area contributed by atoms with E-state index in [1.165, 1.54) is 16.0 Å². The monoisotopic (exact) mass is 260 g/mol. The Morgan fingerprint density at radius 2 is 2.28 bits per heavy atom. The first-order valence-electron chi connectivity index (χ1n) is 6.28. The van der Waals surface area contributed by atoms with E-state index in [0.717, 1.165) is 37.3 Å². The number of hydrogen-bond acceptors (Lipinski definition) is 4. The van der Waals surface area contributed by atoms with Gasteiger partial charge in [0.1, 0.15) is 5.75 Å². The van der Waals surface area contributed by atoms with Gasteiger partial charge in [-0.05, 0) is 67.2 Å². The number of nitrogens with zero attached hydrogens (tertiary/aromatic N) is 1. The molecule has 3 rings (SSSR count). The van der Waals surface area contributed by atoms with Crippen molar-refractivity contribution in [1.29, 1.82) is 0 Å². The van der Waals surface area contributed by atoms with Crippen molar-refractivity contribution in [2.24, 2.45) is 5.73 Å². The molecule has 0 bridgehead atoms. The van der Waals surface area contributed by atoms with Crippen LogP contribution < -0.4 is 10.5 Å². The molecule has 18 heavy (non-hydrogen) atoms. The van der Waals surface area contributed by atoms with Gasteiger partial charge in [-0.15, -0.1) is 0 Å². The van der Waals surface area contributed by atoms with Crippen molar-refractivity contribution in [1.82, 2.24) is 4.37 Å². The summed E-state index contributed by atoms with van der Waals surface area (Å²) in [7, 11) is 0. The lowest BCUT2D eigenvalue weighted by molar-refractivity contribution is 0.288. The summed E-state index contributed by atoms with van der Waals surface area (Å²) in [5.74, 6) is 1.03. The summed E-state index contributed by atoms with van der Waals surface area (Å²) >= 11 is 1.55. The van der Waals surface area contributed by atoms with E-state index in [-0.39, 0.29) is 0 Å². The third-order valence-electron chi connectivity index (χ3n) is 3.15. The molecule has 1 aromatic heterocycles. The number of fused-ring (bicyclic) bond motifs is 1. The van der Waals surface area contributed by atoms with Crippen LogP contribution in [0.5, 0.6) is 5.75 Å². The van der Waals surface area contributed by atoms with E-state index in [9.17, 15) is 0 Å². The molecule has 0 aliphatic carbocycles. The van der Waals surface area contributed by atoms with Crippen molar-refractivity contribution in [2.75, 3.05) is 13.2 Å². The van der Waals surface area contributed by atoms with Crippen LogP contribution in [0, 0.1) is 0 Å². The van der Waals surface area contributed by atoms with Crippen LogP contribution in [-0.4, -0.2) is 17.5 Å². The molecule has 1 aromatic carbocycles. The Morgan fingerprint density at radius 1 is 1.33 bits per heavy atom. The molecule has 0 fully saturated rings. The molecule has 2 heterocycles. The average molecular weight is 260 g/mol. The smallest absolute Gasteiger partial charge is 0.122 e. The van der Waals surface area contributed by atoms with Crippen LogP contribution in [0.2, 0.25) is 0 Å². The zero-order chi connectivity index (χ0) is 12.4. The van der Waals surface area contributed by atoms with Gasteiger partial charge in [-0.1, -0.05) is 0 Å². The van der Waals surface area contributed by atoms with Crippen molar-refractivity contribution in [3.8, 4) is 17.0 Å². The second kappa shape index (κ2) is 5.08. The molecule has 0 unspecified atom stereocenters. The molecule has 0 amide bonds. The van der Waals surface area contributed by atoms with Crippen molar-refractivity contribution in [3.63, 3.8) is 0 Å². The maximum Gasteiger partial charge on any atom is 0.122 e. The SMILES string of the molecule is NCCc1cc(-c2ccc3c(c2)CCCO3)ns1. The molecule has 2 aromatic rings. The summed E-state index contributed by atoms with van der Waals surface area (Å²) in [6, 6.07) is 8.50. The lowest BCUT2D eigenvalue weighted by Gasteiger charge is -2.17. The summed E-state index contributed by atoms with van der Waals surface area (Å²) in [6.45, 7) is 1.52. The van der Waals surface area contributed by atoms with Gasteiger partial charge in [0.25, 0.3) is 0 Å². The Balaban J connectivity index is 1.91. The molecule has 0 saturated heterocycles. The molecule has 1 aliphatic rings.